The van der Waals surface area contributed by atoms with Gasteiger partial charge in [-0.15, -0.1) is 0 Å². The minimum Gasteiger partial charge on any atom is -0.450 e. The summed E-state index contributed by atoms with van der Waals surface area (Å²) in [5.74, 6) is 0.869. The average molecular weight is 260 g/mol. The third-order valence-corrected chi connectivity index (χ3v) is 2.42. The van der Waals surface area contributed by atoms with Crippen LogP contribution in [0.15, 0.2) is 36.7 Å². The standard InChI is InChI=1S/C13H16N4O2/c1-2-19-13(18)17-11-5-3-10(4-6-11)16-9-12-14-7-8-15-12/h3-8,16H,2,9H2,1H3,(H,14,15)(H,17,18). The van der Waals surface area contributed by atoms with Gasteiger partial charge < -0.3 is 15.0 Å². The Morgan fingerprint density at radius 1 is 1.32 bits per heavy atom. The van der Waals surface area contributed by atoms with Crippen molar-refractivity contribution in [2.24, 2.45) is 0 Å². The Morgan fingerprint density at radius 2 is 2.05 bits per heavy atom. The summed E-state index contributed by atoms with van der Waals surface area (Å²) >= 11 is 0. The molecule has 0 radical (unpaired) electrons. The van der Waals surface area contributed by atoms with E-state index in [0.29, 0.717) is 18.8 Å². The van der Waals surface area contributed by atoms with E-state index in [0.717, 1.165) is 11.5 Å². The lowest BCUT2D eigenvalue weighted by Gasteiger charge is -2.07. The van der Waals surface area contributed by atoms with Gasteiger partial charge in [0.2, 0.25) is 0 Å². The van der Waals surface area contributed by atoms with Crippen molar-refractivity contribution in [1.29, 1.82) is 0 Å². The molecule has 0 aliphatic heterocycles. The Morgan fingerprint density at radius 3 is 2.68 bits per heavy atom. The number of carbonyl (C=O) groups is 1. The largest absolute Gasteiger partial charge is 0.450 e. The molecule has 0 atom stereocenters. The van der Waals surface area contributed by atoms with Crippen LogP contribution in [-0.4, -0.2) is 22.7 Å². The number of rotatable bonds is 5. The lowest BCUT2D eigenvalue weighted by molar-refractivity contribution is 0.168. The third kappa shape index (κ3) is 4.02. The molecule has 1 amide bonds. The Hall–Kier alpha value is -2.50. The number of H-pyrrole nitrogens is 1. The van der Waals surface area contributed by atoms with Gasteiger partial charge in [0.05, 0.1) is 13.2 Å². The number of aromatic amines is 1. The number of hydrogen-bond donors (Lipinski definition) is 3. The topological polar surface area (TPSA) is 79.0 Å². The van der Waals surface area contributed by atoms with E-state index in [9.17, 15) is 4.79 Å². The van der Waals surface area contributed by atoms with Crippen LogP contribution in [0.25, 0.3) is 0 Å². The van der Waals surface area contributed by atoms with Crippen LogP contribution in [0.1, 0.15) is 12.7 Å². The molecule has 2 aromatic rings. The molecule has 0 bridgehead atoms. The number of nitrogens with one attached hydrogen (secondary N) is 3. The molecule has 19 heavy (non-hydrogen) atoms. The van der Waals surface area contributed by atoms with Gasteiger partial charge in [-0.2, -0.15) is 0 Å². The lowest BCUT2D eigenvalue weighted by atomic mass is 10.3. The van der Waals surface area contributed by atoms with Gasteiger partial charge in [0.25, 0.3) is 0 Å². The van der Waals surface area contributed by atoms with Gasteiger partial charge in [-0.25, -0.2) is 9.78 Å². The molecule has 100 valence electrons. The molecule has 1 heterocycles. The first-order chi connectivity index (χ1) is 9.28. The summed E-state index contributed by atoms with van der Waals surface area (Å²) in [5.41, 5.74) is 1.65. The number of carbonyl (C=O) groups excluding carboxylic acids is 1. The number of nitrogens with zero attached hydrogens (tertiary/aromatic N) is 1. The second-order valence-electron chi connectivity index (χ2n) is 3.81. The van der Waals surface area contributed by atoms with Crippen molar-refractivity contribution < 1.29 is 9.53 Å². The van der Waals surface area contributed by atoms with Gasteiger partial charge in [-0.05, 0) is 31.2 Å². The predicted octanol–water partition coefficient (Wildman–Crippen LogP) is 2.59. The molecule has 1 aromatic heterocycles. The lowest BCUT2D eigenvalue weighted by Crippen LogP contribution is -2.13. The van der Waals surface area contributed by atoms with Crippen LogP contribution in [0.2, 0.25) is 0 Å². The maximum Gasteiger partial charge on any atom is 0.411 e. The van der Waals surface area contributed by atoms with Gasteiger partial charge in [0, 0.05) is 23.8 Å². The number of imidazole rings is 1. The highest BCUT2D eigenvalue weighted by Gasteiger charge is 2.01. The number of ether oxygens (including phenoxy) is 1. The first kappa shape index (κ1) is 12.9. The van der Waals surface area contributed by atoms with Gasteiger partial charge in [-0.1, -0.05) is 0 Å². The molecule has 0 spiro atoms. The molecule has 0 aliphatic carbocycles. The Labute approximate surface area is 111 Å². The molecular weight excluding hydrogens is 244 g/mol. The van der Waals surface area contributed by atoms with Crippen LogP contribution in [-0.2, 0) is 11.3 Å². The van der Waals surface area contributed by atoms with E-state index in [1.165, 1.54) is 0 Å². The number of hydrogen-bond acceptors (Lipinski definition) is 4. The molecule has 0 aliphatic rings. The van der Waals surface area contributed by atoms with Crippen molar-refractivity contribution in [3.63, 3.8) is 0 Å². The van der Waals surface area contributed by atoms with E-state index in [1.54, 1.807) is 31.5 Å². The van der Waals surface area contributed by atoms with Crippen LogP contribution in [0.4, 0.5) is 16.2 Å². The summed E-state index contributed by atoms with van der Waals surface area (Å²) in [4.78, 5) is 18.3. The monoisotopic (exact) mass is 260 g/mol. The van der Waals surface area contributed by atoms with E-state index in [4.69, 9.17) is 4.74 Å². The summed E-state index contributed by atoms with van der Waals surface area (Å²) in [5, 5.41) is 5.85. The predicted molar refractivity (Wildman–Crippen MR) is 73.0 cm³/mol. The van der Waals surface area contributed by atoms with Crippen molar-refractivity contribution >= 4 is 17.5 Å². The number of benzene rings is 1. The molecule has 6 heteroatoms. The normalized spacial score (nSPS) is 9.95. The fourth-order valence-electron chi connectivity index (χ4n) is 1.54. The molecule has 0 saturated heterocycles. The second-order valence-corrected chi connectivity index (χ2v) is 3.81. The molecule has 2 rings (SSSR count). The zero-order chi connectivity index (χ0) is 13.5. The third-order valence-electron chi connectivity index (χ3n) is 2.42. The minimum absolute atomic E-state index is 0.356. The second kappa shape index (κ2) is 6.44. The zero-order valence-corrected chi connectivity index (χ0v) is 10.6. The van der Waals surface area contributed by atoms with Gasteiger partial charge in [-0.3, -0.25) is 5.32 Å². The first-order valence-electron chi connectivity index (χ1n) is 6.04. The highest BCUT2D eigenvalue weighted by Crippen LogP contribution is 2.14. The summed E-state index contributed by atoms with van der Waals surface area (Å²) in [6, 6.07) is 7.37. The SMILES string of the molecule is CCOC(=O)Nc1ccc(NCc2ncc[nH]2)cc1. The molecule has 6 nitrogen and oxygen atoms in total. The van der Waals surface area contributed by atoms with Gasteiger partial charge >= 0.3 is 6.09 Å². The molecule has 3 N–H and O–H groups in total. The summed E-state index contributed by atoms with van der Waals surface area (Å²) < 4.78 is 4.79. The summed E-state index contributed by atoms with van der Waals surface area (Å²) in [7, 11) is 0. The quantitative estimate of drug-likeness (QED) is 0.772. The fraction of sp³-hybridized carbons (Fsp3) is 0.231. The fourth-order valence-corrected chi connectivity index (χ4v) is 1.54. The first-order valence-corrected chi connectivity index (χ1v) is 6.04. The van der Waals surface area contributed by atoms with Crippen molar-refractivity contribution in [3.8, 4) is 0 Å². The average Bonchev–Trinajstić information content (AvgIpc) is 2.91. The van der Waals surface area contributed by atoms with Crippen molar-refractivity contribution in [3.05, 3.63) is 42.5 Å². The smallest absolute Gasteiger partial charge is 0.411 e. The molecule has 0 unspecified atom stereocenters. The molecule has 1 aromatic carbocycles. The zero-order valence-electron chi connectivity index (χ0n) is 10.6. The summed E-state index contributed by atoms with van der Waals surface area (Å²) in [6.07, 6.45) is 3.05. The van der Waals surface area contributed by atoms with E-state index in [2.05, 4.69) is 20.6 Å². The Kier molecular flexibility index (Phi) is 4.39. The van der Waals surface area contributed by atoms with Gasteiger partial charge in [0.15, 0.2) is 0 Å². The molecule has 0 fully saturated rings. The van der Waals surface area contributed by atoms with Crippen LogP contribution in [0, 0.1) is 0 Å². The number of aromatic nitrogens is 2. The van der Waals surface area contributed by atoms with Crippen LogP contribution in [0.3, 0.4) is 0 Å². The van der Waals surface area contributed by atoms with E-state index in [1.807, 2.05) is 12.1 Å². The van der Waals surface area contributed by atoms with Crippen molar-refractivity contribution in [2.75, 3.05) is 17.2 Å². The maximum atomic E-state index is 11.2. The van der Waals surface area contributed by atoms with E-state index < -0.39 is 6.09 Å². The number of amides is 1. The highest BCUT2D eigenvalue weighted by atomic mass is 16.5. The van der Waals surface area contributed by atoms with Gasteiger partial charge in [0.1, 0.15) is 5.82 Å². The Balaban J connectivity index is 1.85. The Bertz CT molecular complexity index is 508. The van der Waals surface area contributed by atoms with Crippen LogP contribution < -0.4 is 10.6 Å². The molecule has 0 saturated carbocycles. The van der Waals surface area contributed by atoms with Crippen molar-refractivity contribution in [1.82, 2.24) is 9.97 Å². The highest BCUT2D eigenvalue weighted by molar-refractivity contribution is 5.84. The minimum atomic E-state index is -0.446. The van der Waals surface area contributed by atoms with E-state index in [-0.39, 0.29) is 0 Å². The van der Waals surface area contributed by atoms with E-state index >= 15 is 0 Å². The van der Waals surface area contributed by atoms with Crippen molar-refractivity contribution in [2.45, 2.75) is 13.5 Å². The number of anilines is 2. The molecular formula is C13H16N4O2. The van der Waals surface area contributed by atoms with Crippen LogP contribution >= 0.6 is 0 Å². The summed E-state index contributed by atoms with van der Waals surface area (Å²) in [6.45, 7) is 2.74. The maximum absolute atomic E-state index is 11.2. The van der Waals surface area contributed by atoms with Crippen LogP contribution in [0.5, 0.6) is 0 Å².